The molecule has 0 spiro atoms. The maximum Gasteiger partial charge on any atom is 0.279 e. The summed E-state index contributed by atoms with van der Waals surface area (Å²) in [6, 6.07) is 13.1. The highest BCUT2D eigenvalue weighted by molar-refractivity contribution is 7.70. The molecule has 158 valence electrons. The Balaban J connectivity index is 1.71. The van der Waals surface area contributed by atoms with Crippen molar-refractivity contribution in [1.29, 1.82) is 0 Å². The molecule has 1 aliphatic rings. The lowest BCUT2D eigenvalue weighted by Gasteiger charge is -2.34. The number of nitrogens with zero attached hydrogens (tertiary/aromatic N) is 3. The Kier molecular flexibility index (Phi) is 6.10. The fraction of sp³-hybridized carbons (Fsp3) is 0.333. The zero-order valence-corrected chi connectivity index (χ0v) is 17.2. The molecule has 1 fully saturated rings. The Morgan fingerprint density at radius 1 is 1.10 bits per heavy atom. The Labute approximate surface area is 175 Å². The molecule has 1 aliphatic heterocycles. The van der Waals surface area contributed by atoms with Crippen LogP contribution in [0.5, 0.6) is 0 Å². The van der Waals surface area contributed by atoms with Gasteiger partial charge in [-0.05, 0) is 55.5 Å². The van der Waals surface area contributed by atoms with E-state index in [0.29, 0.717) is 29.4 Å². The summed E-state index contributed by atoms with van der Waals surface area (Å²) in [5.41, 5.74) is 0.253. The second-order valence-corrected chi connectivity index (χ2v) is 8.30. The summed E-state index contributed by atoms with van der Waals surface area (Å²) in [7, 11) is -2.58. The van der Waals surface area contributed by atoms with Gasteiger partial charge in [-0.1, -0.05) is 18.2 Å². The van der Waals surface area contributed by atoms with Crippen molar-refractivity contribution in [2.24, 2.45) is 5.92 Å². The van der Waals surface area contributed by atoms with Crippen LogP contribution in [-0.4, -0.2) is 37.8 Å². The standard InChI is InChI=1S/C21H23FN4O3S/c22-16-7-9-17(10-8-16)26-21(27)19-6-2-1-5-18(19)20(24-26)25-13-3-4-15(14-25)11-12-23-30(28)29/h1-2,5-10,15,30H,3-4,11-14H2,(H,23,28,29)/t15-/m0/s1. The lowest BCUT2D eigenvalue weighted by atomic mass is 9.94. The average Bonchev–Trinajstić information content (AvgIpc) is 2.75. The molecule has 0 bridgehead atoms. The molecule has 2 heterocycles. The Morgan fingerprint density at radius 3 is 2.57 bits per heavy atom. The molecule has 0 unspecified atom stereocenters. The summed E-state index contributed by atoms with van der Waals surface area (Å²) < 4.78 is 38.6. The zero-order chi connectivity index (χ0) is 21.1. The predicted molar refractivity (Wildman–Crippen MR) is 115 cm³/mol. The van der Waals surface area contributed by atoms with Gasteiger partial charge in [0.2, 0.25) is 10.9 Å². The first-order chi connectivity index (χ1) is 14.5. The number of nitrogens with one attached hydrogen (secondary N) is 1. The van der Waals surface area contributed by atoms with E-state index in [0.717, 1.165) is 37.7 Å². The fourth-order valence-corrected chi connectivity index (χ4v) is 4.33. The van der Waals surface area contributed by atoms with Crippen molar-refractivity contribution in [3.8, 4) is 5.69 Å². The van der Waals surface area contributed by atoms with Gasteiger partial charge in [0.1, 0.15) is 5.82 Å². The normalized spacial score (nSPS) is 17.0. The summed E-state index contributed by atoms with van der Waals surface area (Å²) in [6.45, 7) is 1.95. The van der Waals surface area contributed by atoms with E-state index < -0.39 is 10.9 Å². The number of halogens is 1. The molecule has 0 radical (unpaired) electrons. The molecule has 0 amide bonds. The smallest absolute Gasteiger partial charge is 0.279 e. The highest BCUT2D eigenvalue weighted by atomic mass is 32.2. The van der Waals surface area contributed by atoms with Crippen molar-refractivity contribution in [3.63, 3.8) is 0 Å². The molecule has 7 nitrogen and oxygen atoms in total. The molecule has 0 aliphatic carbocycles. The Hall–Kier alpha value is -2.78. The number of anilines is 1. The van der Waals surface area contributed by atoms with Gasteiger partial charge in [-0.3, -0.25) is 4.79 Å². The predicted octanol–water partition coefficient (Wildman–Crippen LogP) is 2.25. The van der Waals surface area contributed by atoms with Crippen LogP contribution in [0.3, 0.4) is 0 Å². The van der Waals surface area contributed by atoms with Crippen molar-refractivity contribution in [2.75, 3.05) is 24.5 Å². The highest BCUT2D eigenvalue weighted by Crippen LogP contribution is 2.28. The second-order valence-electron chi connectivity index (χ2n) is 7.47. The van der Waals surface area contributed by atoms with Gasteiger partial charge >= 0.3 is 0 Å². The largest absolute Gasteiger partial charge is 0.354 e. The molecule has 9 heteroatoms. The molecule has 2 aromatic carbocycles. The summed E-state index contributed by atoms with van der Waals surface area (Å²) in [6.07, 6.45) is 2.72. The number of piperidine rings is 1. The van der Waals surface area contributed by atoms with E-state index in [1.165, 1.54) is 28.9 Å². The van der Waals surface area contributed by atoms with Crippen LogP contribution in [0.25, 0.3) is 16.5 Å². The summed E-state index contributed by atoms with van der Waals surface area (Å²) >= 11 is 0. The lowest BCUT2D eigenvalue weighted by Crippen LogP contribution is -2.38. The van der Waals surface area contributed by atoms with E-state index in [4.69, 9.17) is 0 Å². The second kappa shape index (κ2) is 8.93. The Bertz CT molecular complexity index is 1170. The SMILES string of the molecule is O=c1c2ccccc2c(N2CCC[C@@H](CCN[SH](=O)=O)C2)nn1-c1ccc(F)cc1. The van der Waals surface area contributed by atoms with Gasteiger partial charge in [0, 0.05) is 25.0 Å². The van der Waals surface area contributed by atoms with Crippen molar-refractivity contribution in [1.82, 2.24) is 14.5 Å². The van der Waals surface area contributed by atoms with E-state index in [2.05, 4.69) is 14.7 Å². The summed E-state index contributed by atoms with van der Waals surface area (Å²) in [5.74, 6) is 0.662. The Morgan fingerprint density at radius 2 is 1.83 bits per heavy atom. The third-order valence-electron chi connectivity index (χ3n) is 5.47. The number of hydrogen-bond acceptors (Lipinski definition) is 5. The van der Waals surface area contributed by atoms with Crippen molar-refractivity contribution in [2.45, 2.75) is 19.3 Å². The monoisotopic (exact) mass is 430 g/mol. The van der Waals surface area contributed by atoms with Gasteiger partial charge in [-0.2, -0.15) is 4.68 Å². The third-order valence-corrected chi connectivity index (χ3v) is 5.95. The maximum absolute atomic E-state index is 13.4. The molecule has 3 aromatic rings. The van der Waals surface area contributed by atoms with Crippen LogP contribution in [-0.2, 0) is 10.9 Å². The van der Waals surface area contributed by atoms with E-state index >= 15 is 0 Å². The first-order valence-corrected chi connectivity index (χ1v) is 11.1. The van der Waals surface area contributed by atoms with Crippen LogP contribution in [0.1, 0.15) is 19.3 Å². The summed E-state index contributed by atoms with van der Waals surface area (Å²) in [4.78, 5) is 15.2. The molecule has 4 rings (SSSR count). The van der Waals surface area contributed by atoms with Gasteiger partial charge < -0.3 is 4.90 Å². The van der Waals surface area contributed by atoms with Crippen LogP contribution in [0.2, 0.25) is 0 Å². The number of fused-ring (bicyclic) bond motifs is 1. The molecular weight excluding hydrogens is 407 g/mol. The molecular formula is C21H23FN4O3S. The first kappa shape index (κ1) is 20.5. The number of hydrogen-bond donors (Lipinski definition) is 2. The lowest BCUT2D eigenvalue weighted by molar-refractivity contribution is 0.390. The van der Waals surface area contributed by atoms with Crippen molar-refractivity contribution in [3.05, 3.63) is 64.7 Å². The topological polar surface area (TPSA) is 84.3 Å². The van der Waals surface area contributed by atoms with Crippen LogP contribution in [0.4, 0.5) is 10.2 Å². The molecule has 0 saturated carbocycles. The maximum atomic E-state index is 13.4. The quantitative estimate of drug-likeness (QED) is 0.586. The van der Waals surface area contributed by atoms with Gasteiger partial charge in [0.05, 0.1) is 11.1 Å². The minimum Gasteiger partial charge on any atom is -0.354 e. The van der Waals surface area contributed by atoms with E-state index in [1.54, 1.807) is 6.07 Å². The molecule has 1 atom stereocenters. The number of thiol groups is 1. The van der Waals surface area contributed by atoms with Crippen molar-refractivity contribution < 1.29 is 12.8 Å². The van der Waals surface area contributed by atoms with E-state index in [1.807, 2.05) is 18.2 Å². The number of aromatic nitrogens is 2. The van der Waals surface area contributed by atoms with Crippen LogP contribution >= 0.6 is 0 Å². The van der Waals surface area contributed by atoms with Gasteiger partial charge in [-0.25, -0.2) is 17.5 Å². The van der Waals surface area contributed by atoms with Crippen molar-refractivity contribution >= 4 is 27.5 Å². The summed E-state index contributed by atoms with van der Waals surface area (Å²) in [5, 5.41) is 6.00. The van der Waals surface area contributed by atoms with Gasteiger partial charge in [-0.15, -0.1) is 5.10 Å². The van der Waals surface area contributed by atoms with Gasteiger partial charge in [0.15, 0.2) is 5.82 Å². The fourth-order valence-electron chi connectivity index (χ4n) is 4.02. The molecule has 1 saturated heterocycles. The van der Waals surface area contributed by atoms with Crippen LogP contribution in [0, 0.1) is 11.7 Å². The van der Waals surface area contributed by atoms with Crippen LogP contribution < -0.4 is 15.2 Å². The van der Waals surface area contributed by atoms with E-state index in [9.17, 15) is 17.6 Å². The van der Waals surface area contributed by atoms with Crippen LogP contribution in [0.15, 0.2) is 53.3 Å². The minimum atomic E-state index is -2.58. The number of benzene rings is 2. The molecule has 30 heavy (non-hydrogen) atoms. The first-order valence-electron chi connectivity index (χ1n) is 9.94. The van der Waals surface area contributed by atoms with Gasteiger partial charge in [0.25, 0.3) is 5.56 Å². The van der Waals surface area contributed by atoms with E-state index in [-0.39, 0.29) is 11.4 Å². The third kappa shape index (κ3) is 4.36. The average molecular weight is 431 g/mol. The minimum absolute atomic E-state index is 0.252. The zero-order valence-electron chi connectivity index (χ0n) is 16.3. The molecule has 1 N–H and O–H groups in total. The highest BCUT2D eigenvalue weighted by Gasteiger charge is 2.24. The molecule has 1 aromatic heterocycles. The number of rotatable bonds is 6.